The third-order valence-corrected chi connectivity index (χ3v) is 4.09. The molecule has 0 radical (unpaired) electrons. The van der Waals surface area contributed by atoms with E-state index in [1.54, 1.807) is 11.7 Å². The van der Waals surface area contributed by atoms with Crippen molar-refractivity contribution in [2.45, 2.75) is 51.5 Å². The van der Waals surface area contributed by atoms with Crippen LogP contribution in [0.25, 0.3) is 0 Å². The fourth-order valence-electron chi connectivity index (χ4n) is 2.84. The van der Waals surface area contributed by atoms with Gasteiger partial charge in [-0.1, -0.05) is 13.3 Å². The average molecular weight is 308 g/mol. The summed E-state index contributed by atoms with van der Waals surface area (Å²) in [5.41, 5.74) is 0.960. The van der Waals surface area contributed by atoms with E-state index >= 15 is 0 Å². The lowest BCUT2D eigenvalue weighted by atomic mass is 9.86. The molecule has 0 atom stereocenters. The molecule has 2 amide bonds. The monoisotopic (exact) mass is 308 g/mol. The van der Waals surface area contributed by atoms with Gasteiger partial charge in [0.2, 0.25) is 0 Å². The number of aryl methyl sites for hydroxylation is 2. The number of carbonyl (C=O) groups is 2. The lowest BCUT2D eigenvalue weighted by Gasteiger charge is -2.26. The summed E-state index contributed by atoms with van der Waals surface area (Å²) in [5.74, 6) is -0.337. The molecule has 1 aromatic rings. The zero-order valence-corrected chi connectivity index (χ0v) is 13.1. The Balaban J connectivity index is 1.82. The SMILES string of the molecule is CCCc1cc(NC(=O)NC2CCC(C(=O)O)CC2)n(C)n1. The first-order valence-electron chi connectivity index (χ1n) is 7.82. The third-order valence-electron chi connectivity index (χ3n) is 4.09. The highest BCUT2D eigenvalue weighted by molar-refractivity contribution is 5.88. The van der Waals surface area contributed by atoms with Gasteiger partial charge in [-0.15, -0.1) is 0 Å². The number of rotatable bonds is 5. The van der Waals surface area contributed by atoms with Gasteiger partial charge in [0.25, 0.3) is 0 Å². The molecule has 1 saturated carbocycles. The number of carboxylic acids is 1. The van der Waals surface area contributed by atoms with Crippen molar-refractivity contribution in [2.24, 2.45) is 13.0 Å². The number of carboxylic acid groups (broad SMARTS) is 1. The van der Waals surface area contributed by atoms with Crippen LogP contribution in [0.1, 0.15) is 44.7 Å². The van der Waals surface area contributed by atoms with Crippen LogP contribution >= 0.6 is 0 Å². The van der Waals surface area contributed by atoms with Crippen LogP contribution in [0.5, 0.6) is 0 Å². The van der Waals surface area contributed by atoms with Crippen molar-refractivity contribution in [1.82, 2.24) is 15.1 Å². The Hall–Kier alpha value is -2.05. The molecule has 0 saturated heterocycles. The van der Waals surface area contributed by atoms with E-state index in [1.165, 1.54) is 0 Å². The number of aromatic nitrogens is 2. The van der Waals surface area contributed by atoms with E-state index in [0.717, 1.165) is 18.5 Å². The molecule has 0 aliphatic heterocycles. The zero-order chi connectivity index (χ0) is 16.1. The Bertz CT molecular complexity index is 533. The normalized spacial score (nSPS) is 21.4. The minimum absolute atomic E-state index is 0.0407. The molecule has 1 aliphatic rings. The second kappa shape index (κ2) is 7.29. The van der Waals surface area contributed by atoms with E-state index in [0.29, 0.717) is 31.5 Å². The molecule has 0 unspecified atom stereocenters. The molecule has 7 nitrogen and oxygen atoms in total. The van der Waals surface area contributed by atoms with Crippen LogP contribution in [-0.2, 0) is 18.3 Å². The van der Waals surface area contributed by atoms with E-state index in [9.17, 15) is 9.59 Å². The standard InChI is InChI=1S/C15H24N4O3/c1-3-4-12-9-13(19(2)18-12)17-15(22)16-11-7-5-10(6-8-11)14(20)21/h9-11H,3-8H2,1-2H3,(H,20,21)(H2,16,17,22). The predicted octanol–water partition coefficient (Wildman–Crippen LogP) is 2.14. The number of nitrogens with one attached hydrogen (secondary N) is 2. The molecule has 1 heterocycles. The maximum atomic E-state index is 12.0. The number of amides is 2. The van der Waals surface area contributed by atoms with Gasteiger partial charge in [-0.05, 0) is 32.1 Å². The summed E-state index contributed by atoms with van der Waals surface area (Å²) in [7, 11) is 1.80. The lowest BCUT2D eigenvalue weighted by molar-refractivity contribution is -0.142. The molecule has 1 aromatic heterocycles. The van der Waals surface area contributed by atoms with E-state index in [4.69, 9.17) is 5.11 Å². The minimum atomic E-state index is -0.735. The second-order valence-electron chi connectivity index (χ2n) is 5.88. The van der Waals surface area contributed by atoms with E-state index < -0.39 is 5.97 Å². The molecule has 3 N–H and O–H groups in total. The van der Waals surface area contributed by atoms with Gasteiger partial charge in [0.05, 0.1) is 11.6 Å². The van der Waals surface area contributed by atoms with Crippen molar-refractivity contribution in [3.8, 4) is 0 Å². The zero-order valence-electron chi connectivity index (χ0n) is 13.1. The highest BCUT2D eigenvalue weighted by Crippen LogP contribution is 2.24. The average Bonchev–Trinajstić information content (AvgIpc) is 2.79. The number of anilines is 1. The van der Waals surface area contributed by atoms with Crippen LogP contribution in [0, 0.1) is 5.92 Å². The predicted molar refractivity (Wildman–Crippen MR) is 82.7 cm³/mol. The first-order valence-corrected chi connectivity index (χ1v) is 7.82. The van der Waals surface area contributed by atoms with Crippen molar-refractivity contribution < 1.29 is 14.7 Å². The highest BCUT2D eigenvalue weighted by atomic mass is 16.4. The van der Waals surface area contributed by atoms with Gasteiger partial charge in [-0.2, -0.15) is 5.10 Å². The van der Waals surface area contributed by atoms with Crippen LogP contribution in [0.3, 0.4) is 0 Å². The van der Waals surface area contributed by atoms with Crippen molar-refractivity contribution in [3.05, 3.63) is 11.8 Å². The van der Waals surface area contributed by atoms with Gasteiger partial charge in [0.1, 0.15) is 5.82 Å². The van der Waals surface area contributed by atoms with Gasteiger partial charge in [-0.25, -0.2) is 4.79 Å². The van der Waals surface area contributed by atoms with E-state index in [1.807, 2.05) is 6.07 Å². The molecule has 22 heavy (non-hydrogen) atoms. The maximum absolute atomic E-state index is 12.0. The summed E-state index contributed by atoms with van der Waals surface area (Å²) in [6.45, 7) is 2.09. The molecular formula is C15H24N4O3. The third kappa shape index (κ3) is 4.22. The number of nitrogens with zero attached hydrogens (tertiary/aromatic N) is 2. The number of carbonyl (C=O) groups excluding carboxylic acids is 1. The van der Waals surface area contributed by atoms with Crippen LogP contribution in [0.15, 0.2) is 6.07 Å². The van der Waals surface area contributed by atoms with Crippen LogP contribution in [0.2, 0.25) is 0 Å². The molecule has 2 rings (SSSR count). The Morgan fingerprint density at radius 2 is 2.05 bits per heavy atom. The number of aliphatic carboxylic acids is 1. The molecule has 1 aliphatic carbocycles. The Morgan fingerprint density at radius 3 is 2.64 bits per heavy atom. The number of urea groups is 1. The molecule has 0 bridgehead atoms. The van der Waals surface area contributed by atoms with Crippen molar-refractivity contribution in [1.29, 1.82) is 0 Å². The lowest BCUT2D eigenvalue weighted by Crippen LogP contribution is -2.41. The van der Waals surface area contributed by atoms with Gasteiger partial charge in [0, 0.05) is 19.2 Å². The van der Waals surface area contributed by atoms with E-state index in [2.05, 4.69) is 22.7 Å². The highest BCUT2D eigenvalue weighted by Gasteiger charge is 2.26. The quantitative estimate of drug-likeness (QED) is 0.776. The smallest absolute Gasteiger partial charge is 0.320 e. The molecule has 0 aromatic carbocycles. The first kappa shape index (κ1) is 16.3. The van der Waals surface area contributed by atoms with Gasteiger partial charge >= 0.3 is 12.0 Å². The van der Waals surface area contributed by atoms with Crippen LogP contribution in [0.4, 0.5) is 10.6 Å². The minimum Gasteiger partial charge on any atom is -0.481 e. The summed E-state index contributed by atoms with van der Waals surface area (Å²) < 4.78 is 1.66. The molecule has 1 fully saturated rings. The van der Waals surface area contributed by atoms with Crippen LogP contribution in [-0.4, -0.2) is 32.9 Å². The Kier molecular flexibility index (Phi) is 5.41. The fourth-order valence-corrected chi connectivity index (χ4v) is 2.84. The van der Waals surface area contributed by atoms with Gasteiger partial charge in [-0.3, -0.25) is 14.8 Å². The molecule has 7 heteroatoms. The van der Waals surface area contributed by atoms with Crippen LogP contribution < -0.4 is 10.6 Å². The van der Waals surface area contributed by atoms with Gasteiger partial charge < -0.3 is 10.4 Å². The summed E-state index contributed by atoms with van der Waals surface area (Å²) >= 11 is 0. The van der Waals surface area contributed by atoms with Crippen molar-refractivity contribution >= 4 is 17.8 Å². The molecule has 122 valence electrons. The summed E-state index contributed by atoms with van der Waals surface area (Å²) in [6, 6.07) is 1.66. The maximum Gasteiger partial charge on any atom is 0.320 e. The summed E-state index contributed by atoms with van der Waals surface area (Å²) in [5, 5.41) is 19.0. The number of hydrogen-bond acceptors (Lipinski definition) is 3. The Morgan fingerprint density at radius 1 is 1.36 bits per heavy atom. The van der Waals surface area contributed by atoms with Crippen molar-refractivity contribution in [2.75, 3.05) is 5.32 Å². The van der Waals surface area contributed by atoms with Gasteiger partial charge in [0.15, 0.2) is 0 Å². The molecule has 0 spiro atoms. The Labute approximate surface area is 130 Å². The second-order valence-corrected chi connectivity index (χ2v) is 5.88. The van der Waals surface area contributed by atoms with E-state index in [-0.39, 0.29) is 18.0 Å². The fraction of sp³-hybridized carbons (Fsp3) is 0.667. The molecular weight excluding hydrogens is 284 g/mol. The first-order chi connectivity index (χ1) is 10.5. The number of hydrogen-bond donors (Lipinski definition) is 3. The topological polar surface area (TPSA) is 96.3 Å². The summed E-state index contributed by atoms with van der Waals surface area (Å²) in [4.78, 5) is 22.9. The van der Waals surface area contributed by atoms with Crippen molar-refractivity contribution in [3.63, 3.8) is 0 Å². The summed E-state index contributed by atoms with van der Waals surface area (Å²) in [6.07, 6.45) is 4.54. The largest absolute Gasteiger partial charge is 0.481 e.